The summed E-state index contributed by atoms with van der Waals surface area (Å²) in [5, 5.41) is 14.4. The molecule has 8 heteroatoms. The molecule has 0 unspecified atom stereocenters. The van der Waals surface area contributed by atoms with Crippen molar-refractivity contribution in [3.8, 4) is 5.75 Å². The predicted molar refractivity (Wildman–Crippen MR) is 98.3 cm³/mol. The lowest BCUT2D eigenvalue weighted by atomic mass is 10.2. The number of thiazole rings is 1. The number of halogens is 1. The van der Waals surface area contributed by atoms with Crippen LogP contribution in [0.2, 0.25) is 4.47 Å². The van der Waals surface area contributed by atoms with Crippen LogP contribution in [0.3, 0.4) is 0 Å². The minimum atomic E-state index is -0.433. The number of ether oxygens (including phenoxy) is 1. The molecule has 0 aliphatic rings. The molecule has 0 saturated carbocycles. The molecule has 0 saturated heterocycles. The van der Waals surface area contributed by atoms with Gasteiger partial charge in [0.15, 0.2) is 4.47 Å². The average molecular weight is 376 g/mol. The monoisotopic (exact) mass is 375 g/mol. The lowest BCUT2D eigenvalue weighted by molar-refractivity contribution is -0.384. The Morgan fingerprint density at radius 1 is 1.24 bits per heavy atom. The summed E-state index contributed by atoms with van der Waals surface area (Å²) in [5.74, 6) is 0.446. The molecule has 1 heterocycles. The van der Waals surface area contributed by atoms with Crippen molar-refractivity contribution >= 4 is 34.3 Å². The molecule has 128 valence electrons. The Hall–Kier alpha value is -2.64. The summed E-state index contributed by atoms with van der Waals surface area (Å²) >= 11 is 7.11. The van der Waals surface area contributed by atoms with Crippen LogP contribution in [0.4, 0.5) is 11.4 Å². The Labute approximate surface area is 153 Å². The van der Waals surface area contributed by atoms with Crippen LogP contribution in [0.15, 0.2) is 54.7 Å². The van der Waals surface area contributed by atoms with E-state index < -0.39 is 4.92 Å². The second-order valence-electron chi connectivity index (χ2n) is 5.14. The van der Waals surface area contributed by atoms with Crippen LogP contribution in [-0.2, 0) is 13.2 Å². The van der Waals surface area contributed by atoms with Gasteiger partial charge in [-0.25, -0.2) is 4.98 Å². The zero-order chi connectivity index (χ0) is 17.6. The number of anilines is 1. The van der Waals surface area contributed by atoms with E-state index in [1.54, 1.807) is 18.3 Å². The number of rotatable bonds is 7. The van der Waals surface area contributed by atoms with Gasteiger partial charge in [0, 0.05) is 11.1 Å². The van der Waals surface area contributed by atoms with Gasteiger partial charge in [-0.1, -0.05) is 41.9 Å². The van der Waals surface area contributed by atoms with Crippen molar-refractivity contribution in [3.63, 3.8) is 0 Å². The largest absolute Gasteiger partial charge is 0.489 e. The highest BCUT2D eigenvalue weighted by atomic mass is 35.5. The summed E-state index contributed by atoms with van der Waals surface area (Å²) in [7, 11) is 0. The van der Waals surface area contributed by atoms with Gasteiger partial charge in [-0.05, 0) is 17.7 Å². The first-order valence-electron chi connectivity index (χ1n) is 7.41. The molecule has 0 spiro atoms. The number of nitro groups is 1. The summed E-state index contributed by atoms with van der Waals surface area (Å²) in [6.45, 7) is 0.763. The van der Waals surface area contributed by atoms with E-state index in [4.69, 9.17) is 16.3 Å². The highest BCUT2D eigenvalue weighted by Gasteiger charge is 2.15. The van der Waals surface area contributed by atoms with Gasteiger partial charge >= 0.3 is 0 Å². The van der Waals surface area contributed by atoms with E-state index >= 15 is 0 Å². The van der Waals surface area contributed by atoms with Gasteiger partial charge < -0.3 is 10.1 Å². The third-order valence-electron chi connectivity index (χ3n) is 3.39. The summed E-state index contributed by atoms with van der Waals surface area (Å²) < 4.78 is 6.09. The molecular weight excluding hydrogens is 362 g/mol. The zero-order valence-electron chi connectivity index (χ0n) is 13.0. The molecule has 3 aromatic rings. The summed E-state index contributed by atoms with van der Waals surface area (Å²) in [6.07, 6.45) is 1.64. The molecule has 2 aromatic carbocycles. The van der Waals surface area contributed by atoms with Crippen molar-refractivity contribution in [3.05, 3.63) is 79.7 Å². The molecule has 3 rings (SSSR count). The van der Waals surface area contributed by atoms with Crippen molar-refractivity contribution < 1.29 is 9.66 Å². The normalized spacial score (nSPS) is 10.4. The molecule has 25 heavy (non-hydrogen) atoms. The van der Waals surface area contributed by atoms with Gasteiger partial charge in [0.1, 0.15) is 18.0 Å². The number of nitrogens with zero attached hydrogens (tertiary/aromatic N) is 2. The fourth-order valence-corrected chi connectivity index (χ4v) is 3.11. The first-order chi connectivity index (χ1) is 12.1. The van der Waals surface area contributed by atoms with Crippen molar-refractivity contribution in [2.24, 2.45) is 0 Å². The fraction of sp³-hybridized carbons (Fsp3) is 0.118. The number of aromatic nitrogens is 1. The topological polar surface area (TPSA) is 77.3 Å². The molecular formula is C17H14ClN3O3S. The first-order valence-corrected chi connectivity index (χ1v) is 8.60. The minimum Gasteiger partial charge on any atom is -0.489 e. The number of hydrogen-bond donors (Lipinski definition) is 1. The summed E-state index contributed by atoms with van der Waals surface area (Å²) in [6, 6.07) is 14.4. The SMILES string of the molecule is O=[N+]([O-])c1cc(OCc2ccccc2)ccc1NCc1cnc(Cl)s1. The second-order valence-corrected chi connectivity index (χ2v) is 6.84. The van der Waals surface area contributed by atoms with Crippen LogP contribution in [-0.4, -0.2) is 9.91 Å². The van der Waals surface area contributed by atoms with Gasteiger partial charge in [-0.2, -0.15) is 0 Å². The van der Waals surface area contributed by atoms with E-state index in [9.17, 15) is 10.1 Å². The Balaban J connectivity index is 1.70. The van der Waals surface area contributed by atoms with Crippen molar-refractivity contribution in [1.82, 2.24) is 4.98 Å². The average Bonchev–Trinajstić information content (AvgIpc) is 3.04. The third kappa shape index (κ3) is 4.68. The smallest absolute Gasteiger partial charge is 0.296 e. The quantitative estimate of drug-likeness (QED) is 0.469. The maximum Gasteiger partial charge on any atom is 0.296 e. The van der Waals surface area contributed by atoms with Crippen LogP contribution in [0.1, 0.15) is 10.4 Å². The van der Waals surface area contributed by atoms with E-state index in [1.807, 2.05) is 30.3 Å². The van der Waals surface area contributed by atoms with Crippen LogP contribution in [0, 0.1) is 10.1 Å². The highest BCUT2D eigenvalue weighted by Crippen LogP contribution is 2.30. The molecule has 0 fully saturated rings. The van der Waals surface area contributed by atoms with E-state index in [1.165, 1.54) is 17.4 Å². The highest BCUT2D eigenvalue weighted by molar-refractivity contribution is 7.15. The molecule has 0 radical (unpaired) electrons. The molecule has 0 amide bonds. The lowest BCUT2D eigenvalue weighted by Gasteiger charge is -2.09. The van der Waals surface area contributed by atoms with Crippen molar-refractivity contribution in [1.29, 1.82) is 0 Å². The van der Waals surface area contributed by atoms with Gasteiger partial charge in [-0.15, -0.1) is 11.3 Å². The van der Waals surface area contributed by atoms with Gasteiger partial charge in [0.25, 0.3) is 5.69 Å². The number of nitrogens with one attached hydrogen (secondary N) is 1. The van der Waals surface area contributed by atoms with Crippen LogP contribution in [0.5, 0.6) is 5.75 Å². The van der Waals surface area contributed by atoms with E-state index in [0.717, 1.165) is 10.4 Å². The van der Waals surface area contributed by atoms with E-state index in [0.29, 0.717) is 29.1 Å². The van der Waals surface area contributed by atoms with Gasteiger partial charge in [-0.3, -0.25) is 10.1 Å². The van der Waals surface area contributed by atoms with Gasteiger partial charge in [0.05, 0.1) is 17.5 Å². The predicted octanol–water partition coefficient (Wildman–Crippen LogP) is 4.90. The summed E-state index contributed by atoms with van der Waals surface area (Å²) in [5.41, 5.74) is 1.37. The molecule has 1 N–H and O–H groups in total. The first kappa shape index (κ1) is 17.2. The van der Waals surface area contributed by atoms with Gasteiger partial charge in [0.2, 0.25) is 0 Å². The van der Waals surface area contributed by atoms with Crippen molar-refractivity contribution in [2.75, 3.05) is 5.32 Å². The minimum absolute atomic E-state index is 0.0406. The standard InChI is InChI=1S/C17H14ClN3O3S/c18-17-20-10-14(25-17)9-19-15-7-6-13(8-16(15)21(22)23)24-11-12-4-2-1-3-5-12/h1-8,10,19H,9,11H2. The number of benzene rings is 2. The number of hydrogen-bond acceptors (Lipinski definition) is 6. The van der Waals surface area contributed by atoms with Crippen LogP contribution < -0.4 is 10.1 Å². The van der Waals surface area contributed by atoms with Crippen molar-refractivity contribution in [2.45, 2.75) is 13.2 Å². The molecule has 0 aliphatic carbocycles. The van der Waals surface area contributed by atoms with Crippen LogP contribution >= 0.6 is 22.9 Å². The zero-order valence-corrected chi connectivity index (χ0v) is 14.6. The maximum atomic E-state index is 11.3. The fourth-order valence-electron chi connectivity index (χ4n) is 2.19. The molecule has 0 bridgehead atoms. The number of nitro benzene ring substituents is 1. The molecule has 0 atom stereocenters. The van der Waals surface area contributed by atoms with E-state index in [2.05, 4.69) is 10.3 Å². The second kappa shape index (κ2) is 7.96. The Morgan fingerprint density at radius 2 is 2.04 bits per heavy atom. The maximum absolute atomic E-state index is 11.3. The molecule has 0 aliphatic heterocycles. The Morgan fingerprint density at radius 3 is 2.72 bits per heavy atom. The lowest BCUT2D eigenvalue weighted by Crippen LogP contribution is -2.02. The third-order valence-corrected chi connectivity index (χ3v) is 4.51. The van der Waals surface area contributed by atoms with Crippen LogP contribution in [0.25, 0.3) is 0 Å². The Bertz CT molecular complexity index is 871. The van der Waals surface area contributed by atoms with E-state index in [-0.39, 0.29) is 5.69 Å². The molecule has 6 nitrogen and oxygen atoms in total. The Kier molecular flexibility index (Phi) is 5.47. The molecule has 1 aromatic heterocycles. The summed E-state index contributed by atoms with van der Waals surface area (Å²) in [4.78, 5) is 15.7.